The average Bonchev–Trinajstić information content (AvgIpc) is 3.49. The van der Waals surface area contributed by atoms with E-state index in [4.69, 9.17) is 0 Å². The first-order valence-electron chi connectivity index (χ1n) is 10.1. The van der Waals surface area contributed by atoms with Crippen molar-refractivity contribution in [2.75, 3.05) is 6.54 Å². The summed E-state index contributed by atoms with van der Waals surface area (Å²) < 4.78 is 3.31. The van der Waals surface area contributed by atoms with Crippen LogP contribution in [0.15, 0.2) is 48.9 Å². The highest BCUT2D eigenvalue weighted by atomic mass is 16.2. The molecule has 9 heteroatoms. The molecule has 156 valence electrons. The van der Waals surface area contributed by atoms with Crippen molar-refractivity contribution >= 4 is 11.8 Å². The third kappa shape index (κ3) is 4.73. The molecule has 0 bridgehead atoms. The lowest BCUT2D eigenvalue weighted by molar-refractivity contribution is -0.133. The maximum Gasteiger partial charge on any atom is 0.273 e. The highest BCUT2D eigenvalue weighted by Gasteiger charge is 2.29. The van der Waals surface area contributed by atoms with E-state index in [0.29, 0.717) is 13.1 Å². The lowest BCUT2D eigenvalue weighted by atomic mass is 10.2. The summed E-state index contributed by atoms with van der Waals surface area (Å²) in [5.41, 5.74) is 2.32. The van der Waals surface area contributed by atoms with Gasteiger partial charge in [0.25, 0.3) is 5.91 Å². The van der Waals surface area contributed by atoms with E-state index < -0.39 is 0 Å². The van der Waals surface area contributed by atoms with Gasteiger partial charge in [-0.05, 0) is 30.9 Å². The Labute approximate surface area is 174 Å². The molecule has 3 heterocycles. The number of nitrogens with one attached hydrogen (secondary N) is 1. The molecule has 1 N–H and O–H groups in total. The van der Waals surface area contributed by atoms with Crippen LogP contribution < -0.4 is 5.32 Å². The number of carbonyl (C=O) groups excluding carboxylic acids is 2. The molecule has 2 amide bonds. The predicted molar refractivity (Wildman–Crippen MR) is 109 cm³/mol. The number of benzene rings is 1. The van der Waals surface area contributed by atoms with Crippen LogP contribution in [0.3, 0.4) is 0 Å². The molecular weight excluding hydrogens is 382 g/mol. The Balaban J connectivity index is 1.33. The Morgan fingerprint density at radius 2 is 2.00 bits per heavy atom. The van der Waals surface area contributed by atoms with E-state index in [1.165, 1.54) is 0 Å². The number of hydrogen-bond acceptors (Lipinski definition) is 5. The summed E-state index contributed by atoms with van der Waals surface area (Å²) >= 11 is 0. The quantitative estimate of drug-likeness (QED) is 0.639. The summed E-state index contributed by atoms with van der Waals surface area (Å²) in [6.45, 7) is 3.86. The zero-order valence-corrected chi connectivity index (χ0v) is 16.9. The molecule has 30 heavy (non-hydrogen) atoms. The molecule has 4 rings (SSSR count). The van der Waals surface area contributed by atoms with Gasteiger partial charge in [-0.3, -0.25) is 14.3 Å². The fourth-order valence-corrected chi connectivity index (χ4v) is 3.71. The van der Waals surface area contributed by atoms with Gasteiger partial charge >= 0.3 is 0 Å². The van der Waals surface area contributed by atoms with Crippen LogP contribution >= 0.6 is 0 Å². The van der Waals surface area contributed by atoms with Crippen molar-refractivity contribution in [3.63, 3.8) is 0 Å². The Kier molecular flexibility index (Phi) is 5.87. The van der Waals surface area contributed by atoms with Gasteiger partial charge in [0.1, 0.15) is 6.54 Å². The van der Waals surface area contributed by atoms with Gasteiger partial charge in [-0.2, -0.15) is 5.10 Å². The molecule has 1 atom stereocenters. The summed E-state index contributed by atoms with van der Waals surface area (Å²) in [7, 11) is 0. The fourth-order valence-electron chi connectivity index (χ4n) is 3.71. The smallest absolute Gasteiger partial charge is 0.273 e. The van der Waals surface area contributed by atoms with Crippen molar-refractivity contribution in [1.82, 2.24) is 35.0 Å². The first-order valence-corrected chi connectivity index (χ1v) is 10.1. The van der Waals surface area contributed by atoms with Crippen LogP contribution in [-0.2, 0) is 24.4 Å². The lowest BCUT2D eigenvalue weighted by Gasteiger charge is -2.24. The molecule has 1 aliphatic heterocycles. The first-order chi connectivity index (χ1) is 14.6. The summed E-state index contributed by atoms with van der Waals surface area (Å²) in [6, 6.07) is 9.74. The highest BCUT2D eigenvalue weighted by molar-refractivity contribution is 5.91. The number of carbonyl (C=O) groups is 2. The Morgan fingerprint density at radius 1 is 1.17 bits per heavy atom. The minimum Gasteiger partial charge on any atom is -0.347 e. The molecule has 1 saturated heterocycles. The normalized spacial score (nSPS) is 16.0. The second-order valence-electron chi connectivity index (χ2n) is 7.59. The molecule has 0 radical (unpaired) electrons. The van der Waals surface area contributed by atoms with Crippen LogP contribution in [0.5, 0.6) is 0 Å². The van der Waals surface area contributed by atoms with Crippen molar-refractivity contribution < 1.29 is 9.59 Å². The molecule has 0 saturated carbocycles. The van der Waals surface area contributed by atoms with E-state index in [2.05, 4.69) is 20.7 Å². The van der Waals surface area contributed by atoms with Crippen molar-refractivity contribution in [3.05, 3.63) is 65.7 Å². The van der Waals surface area contributed by atoms with E-state index in [1.807, 2.05) is 48.4 Å². The largest absolute Gasteiger partial charge is 0.347 e. The number of likely N-dealkylation sites (tertiary alicyclic amines) is 1. The molecular formula is C21H25N7O2. The third-order valence-corrected chi connectivity index (χ3v) is 5.22. The van der Waals surface area contributed by atoms with Gasteiger partial charge in [-0.1, -0.05) is 35.5 Å². The molecule has 1 aromatic carbocycles. The molecule has 0 aliphatic carbocycles. The summed E-state index contributed by atoms with van der Waals surface area (Å²) in [4.78, 5) is 26.9. The van der Waals surface area contributed by atoms with Crippen LogP contribution in [0.4, 0.5) is 0 Å². The SMILES string of the molecule is Cc1cnn(CC(=O)N2CCC[C@H]2Cn2cc(C(=O)NCc3ccccc3)nn2)c1. The predicted octanol–water partition coefficient (Wildman–Crippen LogP) is 1.40. The molecule has 3 aromatic rings. The van der Waals surface area contributed by atoms with E-state index in [1.54, 1.807) is 21.8 Å². The summed E-state index contributed by atoms with van der Waals surface area (Å²) in [5, 5.41) is 15.1. The van der Waals surface area contributed by atoms with Crippen molar-refractivity contribution in [3.8, 4) is 0 Å². The van der Waals surface area contributed by atoms with Crippen molar-refractivity contribution in [2.24, 2.45) is 0 Å². The summed E-state index contributed by atoms with van der Waals surface area (Å²) in [6.07, 6.45) is 7.10. The van der Waals surface area contributed by atoms with Gasteiger partial charge in [-0.25, -0.2) is 4.68 Å². The van der Waals surface area contributed by atoms with E-state index in [0.717, 1.165) is 30.5 Å². The summed E-state index contributed by atoms with van der Waals surface area (Å²) in [5.74, 6) is -0.222. The van der Waals surface area contributed by atoms with Crippen LogP contribution in [0.2, 0.25) is 0 Å². The topological polar surface area (TPSA) is 97.9 Å². The second-order valence-corrected chi connectivity index (χ2v) is 7.59. The third-order valence-electron chi connectivity index (χ3n) is 5.22. The zero-order chi connectivity index (χ0) is 20.9. The Bertz CT molecular complexity index is 1010. The molecule has 0 unspecified atom stereocenters. The van der Waals surface area contributed by atoms with Gasteiger partial charge in [0.2, 0.25) is 5.91 Å². The van der Waals surface area contributed by atoms with Gasteiger partial charge in [0.15, 0.2) is 5.69 Å². The number of nitrogens with zero attached hydrogens (tertiary/aromatic N) is 6. The number of rotatable bonds is 7. The average molecular weight is 407 g/mol. The molecule has 1 fully saturated rings. The molecule has 0 spiro atoms. The monoisotopic (exact) mass is 407 g/mol. The van der Waals surface area contributed by atoms with Gasteiger partial charge in [-0.15, -0.1) is 5.10 Å². The van der Waals surface area contributed by atoms with E-state index >= 15 is 0 Å². The Morgan fingerprint density at radius 3 is 2.77 bits per heavy atom. The number of aromatic nitrogens is 5. The Hall–Kier alpha value is -3.49. The van der Waals surface area contributed by atoms with E-state index in [-0.39, 0.29) is 30.1 Å². The van der Waals surface area contributed by atoms with Crippen molar-refractivity contribution in [1.29, 1.82) is 0 Å². The van der Waals surface area contributed by atoms with Crippen molar-refractivity contribution in [2.45, 2.75) is 45.4 Å². The number of aryl methyl sites for hydroxylation is 1. The van der Waals surface area contributed by atoms with Gasteiger partial charge in [0.05, 0.1) is 25.0 Å². The molecule has 9 nitrogen and oxygen atoms in total. The minimum atomic E-state index is -0.265. The maximum atomic E-state index is 12.7. The van der Waals surface area contributed by atoms with Crippen LogP contribution in [0.25, 0.3) is 0 Å². The van der Waals surface area contributed by atoms with Crippen LogP contribution in [0, 0.1) is 6.92 Å². The number of hydrogen-bond donors (Lipinski definition) is 1. The van der Waals surface area contributed by atoms with Gasteiger partial charge in [0, 0.05) is 19.3 Å². The first kappa shape index (κ1) is 19.8. The lowest BCUT2D eigenvalue weighted by Crippen LogP contribution is -2.40. The van der Waals surface area contributed by atoms with Gasteiger partial charge < -0.3 is 10.2 Å². The standard InChI is InChI=1S/C21H25N7O2/c1-16-10-23-26(12-16)15-20(29)28-9-5-8-18(28)13-27-14-19(24-25-27)21(30)22-11-17-6-3-2-4-7-17/h2-4,6-7,10,12,14,18H,5,8-9,11,13,15H2,1H3,(H,22,30)/t18-/m0/s1. The second kappa shape index (κ2) is 8.89. The molecule has 2 aromatic heterocycles. The molecule has 1 aliphatic rings. The van der Waals surface area contributed by atoms with Crippen LogP contribution in [0.1, 0.15) is 34.5 Å². The highest BCUT2D eigenvalue weighted by Crippen LogP contribution is 2.19. The maximum absolute atomic E-state index is 12.7. The minimum absolute atomic E-state index is 0.0380. The van der Waals surface area contributed by atoms with E-state index in [9.17, 15) is 9.59 Å². The number of amides is 2. The fraction of sp³-hybridized carbons (Fsp3) is 0.381. The van der Waals surface area contributed by atoms with Crippen LogP contribution in [-0.4, -0.2) is 54.1 Å². The zero-order valence-electron chi connectivity index (χ0n) is 16.9.